The van der Waals surface area contributed by atoms with E-state index in [1.54, 1.807) is 17.4 Å². The van der Waals surface area contributed by atoms with Crippen LogP contribution in [0.5, 0.6) is 0 Å². The van der Waals surface area contributed by atoms with Crippen molar-refractivity contribution in [3.05, 3.63) is 16.1 Å². The number of nitrogens with two attached hydrogens (primary N) is 1. The largest absolute Gasteiger partial charge is 0.383 e. The maximum atomic E-state index is 12.2. The Hall–Kier alpha value is -1.49. The first-order chi connectivity index (χ1) is 9.22. The molecule has 104 valence electrons. The number of nitriles is 1. The fourth-order valence-corrected chi connectivity index (χ4v) is 2.30. The Morgan fingerprint density at radius 1 is 1.63 bits per heavy atom. The van der Waals surface area contributed by atoms with E-state index >= 15 is 0 Å². The highest BCUT2D eigenvalue weighted by atomic mass is 32.1. The van der Waals surface area contributed by atoms with Gasteiger partial charge in [-0.2, -0.15) is 5.26 Å². The Balaban J connectivity index is 2.70. The van der Waals surface area contributed by atoms with E-state index in [0.29, 0.717) is 44.8 Å². The van der Waals surface area contributed by atoms with Crippen molar-refractivity contribution in [2.45, 2.75) is 12.8 Å². The molecule has 1 aromatic rings. The standard InChI is InChI=1S/C12H18N4O2S/c1-18-8-7-16(6-2-4-13)12(17)10-9-19-11(15-10)3-5-14/h9H,2-3,5-8,14H2,1H3. The molecular weight excluding hydrogens is 264 g/mol. The van der Waals surface area contributed by atoms with E-state index in [-0.39, 0.29) is 5.91 Å². The SMILES string of the molecule is COCCN(CCC#N)C(=O)c1csc(CCN)n1. The van der Waals surface area contributed by atoms with E-state index in [1.165, 1.54) is 11.3 Å². The van der Waals surface area contributed by atoms with E-state index in [9.17, 15) is 4.79 Å². The van der Waals surface area contributed by atoms with Gasteiger partial charge in [0.2, 0.25) is 0 Å². The third-order valence-electron chi connectivity index (χ3n) is 2.48. The lowest BCUT2D eigenvalue weighted by atomic mass is 10.3. The first kappa shape index (κ1) is 15.6. The van der Waals surface area contributed by atoms with E-state index in [0.717, 1.165) is 5.01 Å². The summed E-state index contributed by atoms with van der Waals surface area (Å²) < 4.78 is 4.97. The van der Waals surface area contributed by atoms with Crippen LogP contribution in [0.1, 0.15) is 21.9 Å². The highest BCUT2D eigenvalue weighted by Crippen LogP contribution is 2.12. The Morgan fingerprint density at radius 3 is 3.05 bits per heavy atom. The maximum absolute atomic E-state index is 12.2. The van der Waals surface area contributed by atoms with Crippen molar-refractivity contribution in [1.29, 1.82) is 5.26 Å². The molecular formula is C12H18N4O2S. The Morgan fingerprint density at radius 2 is 2.42 bits per heavy atom. The van der Waals surface area contributed by atoms with Gasteiger partial charge in [-0.1, -0.05) is 0 Å². The summed E-state index contributed by atoms with van der Waals surface area (Å²) in [6.07, 6.45) is 0.976. The van der Waals surface area contributed by atoms with Crippen LogP contribution in [0.2, 0.25) is 0 Å². The summed E-state index contributed by atoms with van der Waals surface area (Å²) in [6.45, 7) is 1.81. The van der Waals surface area contributed by atoms with Crippen molar-refractivity contribution in [1.82, 2.24) is 9.88 Å². The first-order valence-electron chi connectivity index (χ1n) is 6.02. The number of amides is 1. The van der Waals surface area contributed by atoms with Gasteiger partial charge in [0.1, 0.15) is 5.69 Å². The number of hydrogen-bond acceptors (Lipinski definition) is 6. The smallest absolute Gasteiger partial charge is 0.273 e. The van der Waals surface area contributed by atoms with Crippen molar-refractivity contribution in [3.63, 3.8) is 0 Å². The zero-order chi connectivity index (χ0) is 14.1. The quantitative estimate of drug-likeness (QED) is 0.755. The lowest BCUT2D eigenvalue weighted by molar-refractivity contribution is 0.0694. The summed E-state index contributed by atoms with van der Waals surface area (Å²) in [7, 11) is 1.58. The average Bonchev–Trinajstić information content (AvgIpc) is 2.87. The highest BCUT2D eigenvalue weighted by molar-refractivity contribution is 7.09. The molecule has 7 heteroatoms. The van der Waals surface area contributed by atoms with Gasteiger partial charge in [-0.3, -0.25) is 4.79 Å². The van der Waals surface area contributed by atoms with Gasteiger partial charge >= 0.3 is 0 Å². The molecule has 0 aromatic carbocycles. The minimum Gasteiger partial charge on any atom is -0.383 e. The molecule has 6 nitrogen and oxygen atoms in total. The van der Waals surface area contributed by atoms with Gasteiger partial charge < -0.3 is 15.4 Å². The molecule has 0 unspecified atom stereocenters. The molecule has 1 heterocycles. The van der Waals surface area contributed by atoms with Crippen LogP contribution in [0.3, 0.4) is 0 Å². The fourth-order valence-electron chi connectivity index (χ4n) is 1.51. The minimum absolute atomic E-state index is 0.160. The Labute approximate surface area is 116 Å². The molecule has 0 fully saturated rings. The lowest BCUT2D eigenvalue weighted by Crippen LogP contribution is -2.35. The number of methoxy groups -OCH3 is 1. The van der Waals surface area contributed by atoms with E-state index < -0.39 is 0 Å². The zero-order valence-corrected chi connectivity index (χ0v) is 11.8. The van der Waals surface area contributed by atoms with Gasteiger partial charge in [-0.15, -0.1) is 11.3 Å². The van der Waals surface area contributed by atoms with Gasteiger partial charge in [0.05, 0.1) is 24.1 Å². The van der Waals surface area contributed by atoms with E-state index in [4.69, 9.17) is 15.7 Å². The van der Waals surface area contributed by atoms with Gasteiger partial charge in [0.25, 0.3) is 5.91 Å². The van der Waals surface area contributed by atoms with Crippen molar-refractivity contribution >= 4 is 17.2 Å². The number of carbonyl (C=O) groups excluding carboxylic acids is 1. The molecule has 1 aromatic heterocycles. The van der Waals surface area contributed by atoms with Crippen molar-refractivity contribution in [2.75, 3.05) is 33.4 Å². The fraction of sp³-hybridized carbons (Fsp3) is 0.583. The van der Waals surface area contributed by atoms with Crippen LogP contribution in [0.4, 0.5) is 0 Å². The van der Waals surface area contributed by atoms with Crippen LogP contribution in [0.15, 0.2) is 5.38 Å². The zero-order valence-electron chi connectivity index (χ0n) is 11.0. The molecule has 1 amide bonds. The molecule has 0 aliphatic heterocycles. The number of nitrogens with zero attached hydrogens (tertiary/aromatic N) is 3. The molecule has 0 atom stereocenters. The molecule has 0 aliphatic carbocycles. The van der Waals surface area contributed by atoms with Crippen molar-refractivity contribution < 1.29 is 9.53 Å². The van der Waals surface area contributed by atoms with Crippen molar-refractivity contribution in [2.24, 2.45) is 5.73 Å². The second-order valence-corrected chi connectivity index (χ2v) is 4.80. The first-order valence-corrected chi connectivity index (χ1v) is 6.90. The third-order valence-corrected chi connectivity index (χ3v) is 3.38. The maximum Gasteiger partial charge on any atom is 0.273 e. The normalized spacial score (nSPS) is 10.2. The number of ether oxygens (including phenoxy) is 1. The summed E-state index contributed by atoms with van der Waals surface area (Å²) in [5.41, 5.74) is 5.87. The van der Waals surface area contributed by atoms with Gasteiger partial charge in [-0.05, 0) is 6.54 Å². The summed E-state index contributed by atoms with van der Waals surface area (Å²) in [4.78, 5) is 18.1. The second-order valence-electron chi connectivity index (χ2n) is 3.86. The van der Waals surface area contributed by atoms with Crippen LogP contribution in [-0.4, -0.2) is 49.1 Å². The second kappa shape index (κ2) is 8.58. The molecule has 0 aliphatic rings. The predicted molar refractivity (Wildman–Crippen MR) is 72.9 cm³/mol. The number of thiazole rings is 1. The molecule has 0 spiro atoms. The van der Waals surface area contributed by atoms with Crippen LogP contribution in [0, 0.1) is 11.3 Å². The van der Waals surface area contributed by atoms with E-state index in [2.05, 4.69) is 4.98 Å². The van der Waals surface area contributed by atoms with Gasteiger partial charge in [0.15, 0.2) is 0 Å². The topological polar surface area (TPSA) is 92.2 Å². The number of hydrogen-bond donors (Lipinski definition) is 1. The molecule has 0 radical (unpaired) electrons. The van der Waals surface area contributed by atoms with Crippen LogP contribution < -0.4 is 5.73 Å². The minimum atomic E-state index is -0.160. The van der Waals surface area contributed by atoms with Crippen molar-refractivity contribution in [3.8, 4) is 6.07 Å². The Bertz CT molecular complexity index is 441. The van der Waals surface area contributed by atoms with Gasteiger partial charge in [0, 0.05) is 32.0 Å². The lowest BCUT2D eigenvalue weighted by Gasteiger charge is -2.19. The average molecular weight is 282 g/mol. The molecule has 0 bridgehead atoms. The summed E-state index contributed by atoms with van der Waals surface area (Å²) >= 11 is 1.43. The number of aromatic nitrogens is 1. The number of carbonyl (C=O) groups is 1. The third kappa shape index (κ3) is 4.95. The van der Waals surface area contributed by atoms with Crippen LogP contribution in [-0.2, 0) is 11.2 Å². The molecule has 0 saturated heterocycles. The highest BCUT2D eigenvalue weighted by Gasteiger charge is 2.18. The summed E-state index contributed by atoms with van der Waals surface area (Å²) in [5.74, 6) is -0.160. The van der Waals surface area contributed by atoms with Crippen LogP contribution >= 0.6 is 11.3 Å². The summed E-state index contributed by atoms with van der Waals surface area (Å²) in [5, 5.41) is 11.2. The Kier molecular flexibility index (Phi) is 7.03. The van der Waals surface area contributed by atoms with Gasteiger partial charge in [-0.25, -0.2) is 4.98 Å². The molecule has 2 N–H and O–H groups in total. The summed E-state index contributed by atoms with van der Waals surface area (Å²) in [6, 6.07) is 2.04. The molecule has 19 heavy (non-hydrogen) atoms. The number of rotatable bonds is 8. The monoisotopic (exact) mass is 282 g/mol. The molecule has 0 saturated carbocycles. The molecule has 1 rings (SSSR count). The van der Waals surface area contributed by atoms with E-state index in [1.807, 2.05) is 6.07 Å². The van der Waals surface area contributed by atoms with Crippen LogP contribution in [0.25, 0.3) is 0 Å². The predicted octanol–water partition coefficient (Wildman–Crippen LogP) is 0.647.